The van der Waals surface area contributed by atoms with Gasteiger partial charge in [-0.1, -0.05) is 0 Å². The van der Waals surface area contributed by atoms with E-state index in [1.54, 1.807) is 14.2 Å². The lowest BCUT2D eigenvalue weighted by Gasteiger charge is -2.37. The van der Waals surface area contributed by atoms with Crippen LogP contribution >= 0.6 is 0 Å². The molecule has 1 aliphatic heterocycles. The summed E-state index contributed by atoms with van der Waals surface area (Å²) in [7, 11) is 3.44. The lowest BCUT2D eigenvalue weighted by atomic mass is 10.0. The van der Waals surface area contributed by atoms with Crippen molar-refractivity contribution in [3.8, 4) is 0 Å². The molecule has 140 valence electrons. The Morgan fingerprint density at radius 3 is 2.67 bits per heavy atom. The zero-order chi connectivity index (χ0) is 18.0. The number of aliphatic imine (C=N–C) groups is 1. The smallest absolute Gasteiger partial charge is 0.410 e. The highest BCUT2D eigenvalue weighted by Crippen LogP contribution is 2.20. The molecule has 0 spiro atoms. The van der Waals surface area contributed by atoms with E-state index in [2.05, 4.69) is 15.6 Å². The van der Waals surface area contributed by atoms with Crippen molar-refractivity contribution in [3.05, 3.63) is 0 Å². The van der Waals surface area contributed by atoms with Gasteiger partial charge in [0.1, 0.15) is 5.60 Å². The number of nitrogens with zero attached hydrogens (tertiary/aromatic N) is 2. The number of piperidine rings is 1. The van der Waals surface area contributed by atoms with Gasteiger partial charge in [0.15, 0.2) is 5.96 Å². The molecule has 1 saturated heterocycles. The zero-order valence-corrected chi connectivity index (χ0v) is 15.9. The van der Waals surface area contributed by atoms with Crippen molar-refractivity contribution in [3.63, 3.8) is 0 Å². The normalized spacial score (nSPS) is 19.1. The summed E-state index contributed by atoms with van der Waals surface area (Å²) in [6, 6.07) is 0.131. The fraction of sp³-hybridized carbons (Fsp3) is 0.882. The van der Waals surface area contributed by atoms with Crippen LogP contribution in [0.3, 0.4) is 0 Å². The molecule has 0 aliphatic carbocycles. The third kappa shape index (κ3) is 7.86. The monoisotopic (exact) mass is 342 g/mol. The van der Waals surface area contributed by atoms with Crippen molar-refractivity contribution >= 4 is 12.1 Å². The minimum absolute atomic E-state index is 0.131. The average Bonchev–Trinajstić information content (AvgIpc) is 2.53. The molecule has 0 aromatic rings. The van der Waals surface area contributed by atoms with Gasteiger partial charge < -0.3 is 25.0 Å². The lowest BCUT2D eigenvalue weighted by Crippen LogP contribution is -2.52. The predicted octanol–water partition coefficient (Wildman–Crippen LogP) is 1.98. The first-order chi connectivity index (χ1) is 11.4. The van der Waals surface area contributed by atoms with Gasteiger partial charge in [-0.05, 0) is 46.5 Å². The molecule has 1 aliphatic rings. The number of hydrogen-bond acceptors (Lipinski definition) is 4. The zero-order valence-electron chi connectivity index (χ0n) is 15.9. The highest BCUT2D eigenvalue weighted by atomic mass is 16.6. The van der Waals surface area contributed by atoms with Crippen LogP contribution in [-0.2, 0) is 9.47 Å². The minimum Gasteiger partial charge on any atom is -0.444 e. The quantitative estimate of drug-likeness (QED) is 0.438. The number of hydrogen-bond donors (Lipinski definition) is 2. The van der Waals surface area contributed by atoms with E-state index >= 15 is 0 Å². The topological polar surface area (TPSA) is 75.2 Å². The van der Waals surface area contributed by atoms with E-state index in [1.807, 2.05) is 25.7 Å². The molecule has 0 aromatic carbocycles. The first kappa shape index (κ1) is 20.5. The molecule has 7 nitrogen and oxygen atoms in total. The maximum Gasteiger partial charge on any atom is 0.410 e. The Labute approximate surface area is 146 Å². The van der Waals surface area contributed by atoms with E-state index in [9.17, 15) is 4.79 Å². The summed E-state index contributed by atoms with van der Waals surface area (Å²) in [5.74, 6) is 0.751. The first-order valence-corrected chi connectivity index (χ1v) is 8.80. The van der Waals surface area contributed by atoms with Crippen molar-refractivity contribution in [1.82, 2.24) is 15.5 Å². The molecular formula is C17H34N4O3. The Hall–Kier alpha value is -1.50. The Kier molecular flexibility index (Phi) is 8.89. The number of carbonyl (C=O) groups is 1. The van der Waals surface area contributed by atoms with E-state index in [4.69, 9.17) is 9.47 Å². The fourth-order valence-electron chi connectivity index (χ4n) is 2.63. The third-order valence-corrected chi connectivity index (χ3v) is 3.80. The van der Waals surface area contributed by atoms with Crippen LogP contribution < -0.4 is 10.6 Å². The van der Waals surface area contributed by atoms with Crippen LogP contribution in [0.2, 0.25) is 0 Å². The van der Waals surface area contributed by atoms with Crippen molar-refractivity contribution in [2.24, 2.45) is 4.99 Å². The van der Waals surface area contributed by atoms with Crippen molar-refractivity contribution in [1.29, 1.82) is 0 Å². The molecule has 1 amide bonds. The highest BCUT2D eigenvalue weighted by molar-refractivity contribution is 5.79. The molecule has 0 bridgehead atoms. The summed E-state index contributed by atoms with van der Waals surface area (Å²) in [5, 5.41) is 6.56. The largest absolute Gasteiger partial charge is 0.444 e. The fourth-order valence-corrected chi connectivity index (χ4v) is 2.63. The van der Waals surface area contributed by atoms with Crippen molar-refractivity contribution in [2.75, 3.05) is 40.4 Å². The molecule has 0 radical (unpaired) electrons. The van der Waals surface area contributed by atoms with Crippen molar-refractivity contribution in [2.45, 2.75) is 58.1 Å². The SMILES string of the molecule is CN=C(NCCCOC)NCC1CCCCN1C(=O)OC(C)(C)C. The second-order valence-corrected chi connectivity index (χ2v) is 7.05. The standard InChI is InChI=1S/C17H34N4O3/c1-17(2,3)24-16(22)21-11-7-6-9-14(21)13-20-15(18-4)19-10-8-12-23-5/h14H,6-13H2,1-5H3,(H2,18,19,20). The highest BCUT2D eigenvalue weighted by Gasteiger charge is 2.30. The summed E-state index contributed by atoms with van der Waals surface area (Å²) in [4.78, 5) is 18.5. The number of methoxy groups -OCH3 is 1. The molecule has 7 heteroatoms. The minimum atomic E-state index is -0.467. The Morgan fingerprint density at radius 1 is 1.29 bits per heavy atom. The third-order valence-electron chi connectivity index (χ3n) is 3.80. The summed E-state index contributed by atoms with van der Waals surface area (Å²) in [6.07, 6.45) is 3.83. The molecule has 1 fully saturated rings. The molecular weight excluding hydrogens is 308 g/mol. The number of rotatable bonds is 6. The van der Waals surface area contributed by atoms with E-state index in [0.29, 0.717) is 6.54 Å². The van der Waals surface area contributed by atoms with E-state index in [-0.39, 0.29) is 12.1 Å². The van der Waals surface area contributed by atoms with Gasteiger partial charge in [0.05, 0.1) is 6.04 Å². The van der Waals surface area contributed by atoms with Gasteiger partial charge in [0.25, 0.3) is 0 Å². The van der Waals surface area contributed by atoms with Crippen LogP contribution in [-0.4, -0.2) is 69.0 Å². The summed E-state index contributed by atoms with van der Waals surface area (Å²) < 4.78 is 10.6. The van der Waals surface area contributed by atoms with Crippen LogP contribution in [0.4, 0.5) is 4.79 Å². The van der Waals surface area contributed by atoms with E-state index < -0.39 is 5.60 Å². The lowest BCUT2D eigenvalue weighted by molar-refractivity contribution is 0.0104. The molecule has 1 rings (SSSR count). The Bertz CT molecular complexity index is 407. The number of ether oxygens (including phenoxy) is 2. The maximum absolute atomic E-state index is 12.4. The van der Waals surface area contributed by atoms with Gasteiger partial charge in [0.2, 0.25) is 0 Å². The van der Waals surface area contributed by atoms with Gasteiger partial charge in [-0.25, -0.2) is 4.79 Å². The maximum atomic E-state index is 12.4. The first-order valence-electron chi connectivity index (χ1n) is 8.80. The van der Waals surface area contributed by atoms with Crippen LogP contribution in [0, 0.1) is 0 Å². The number of guanidine groups is 1. The van der Waals surface area contributed by atoms with Gasteiger partial charge in [0, 0.05) is 40.4 Å². The number of nitrogens with one attached hydrogen (secondary N) is 2. The summed E-state index contributed by atoms with van der Waals surface area (Å²) in [6.45, 7) is 8.63. The Balaban J connectivity index is 2.48. The number of likely N-dealkylation sites (tertiary alicyclic amines) is 1. The molecule has 2 N–H and O–H groups in total. The van der Waals surface area contributed by atoms with Gasteiger partial charge in [-0.2, -0.15) is 0 Å². The second kappa shape index (κ2) is 10.4. The van der Waals surface area contributed by atoms with Crippen LogP contribution in [0.15, 0.2) is 4.99 Å². The number of carbonyl (C=O) groups excluding carboxylic acids is 1. The summed E-state index contributed by atoms with van der Waals surface area (Å²) in [5.41, 5.74) is -0.467. The van der Waals surface area contributed by atoms with Crippen LogP contribution in [0.5, 0.6) is 0 Å². The van der Waals surface area contributed by atoms with E-state index in [1.165, 1.54) is 0 Å². The molecule has 1 unspecified atom stereocenters. The number of amides is 1. The van der Waals surface area contributed by atoms with Crippen LogP contribution in [0.25, 0.3) is 0 Å². The van der Waals surface area contributed by atoms with Gasteiger partial charge in [-0.3, -0.25) is 4.99 Å². The van der Waals surface area contributed by atoms with E-state index in [0.717, 1.165) is 51.3 Å². The van der Waals surface area contributed by atoms with Gasteiger partial charge >= 0.3 is 6.09 Å². The van der Waals surface area contributed by atoms with Crippen molar-refractivity contribution < 1.29 is 14.3 Å². The molecule has 0 aromatic heterocycles. The molecule has 1 atom stereocenters. The second-order valence-electron chi connectivity index (χ2n) is 7.05. The van der Waals surface area contributed by atoms with Gasteiger partial charge in [-0.15, -0.1) is 0 Å². The average molecular weight is 342 g/mol. The molecule has 0 saturated carbocycles. The Morgan fingerprint density at radius 2 is 2.04 bits per heavy atom. The predicted molar refractivity (Wildman–Crippen MR) is 96.4 cm³/mol. The van der Waals surface area contributed by atoms with Crippen LogP contribution in [0.1, 0.15) is 46.5 Å². The molecule has 1 heterocycles. The summed E-state index contributed by atoms with van der Waals surface area (Å²) >= 11 is 0. The molecule has 24 heavy (non-hydrogen) atoms.